The molecule has 252 valence electrons. The van der Waals surface area contributed by atoms with Gasteiger partial charge in [0.1, 0.15) is 23.0 Å². The quantitative estimate of drug-likeness (QED) is 0.140. The highest BCUT2D eigenvalue weighted by atomic mass is 35.5. The number of carbonyl (C=O) groups is 6. The number of urea groups is 1. The highest BCUT2D eigenvalue weighted by Gasteiger charge is 2.74. The topological polar surface area (TPSA) is 177 Å². The van der Waals surface area contributed by atoms with Gasteiger partial charge in [0.05, 0.1) is 12.1 Å². The summed E-state index contributed by atoms with van der Waals surface area (Å²) >= 11 is 13.1. The summed E-state index contributed by atoms with van der Waals surface area (Å²) < 4.78 is 3.95. The molecule has 4 fully saturated rings. The van der Waals surface area contributed by atoms with Crippen molar-refractivity contribution < 1.29 is 33.5 Å². The minimum absolute atomic E-state index is 0.0361. The number of alkyl halides is 2. The zero-order valence-corrected chi connectivity index (χ0v) is 28.0. The number of primary amides is 1. The second-order valence-electron chi connectivity index (χ2n) is 14.3. The third-order valence-electron chi connectivity index (χ3n) is 10.0. The van der Waals surface area contributed by atoms with Gasteiger partial charge in [0, 0.05) is 25.3 Å². The summed E-state index contributed by atoms with van der Waals surface area (Å²) in [4.78, 5) is 78.9. The number of Topliss-reactive ketones (excluding diaryl/α,β-unsaturated/α-hetero) is 1. The van der Waals surface area contributed by atoms with Crippen molar-refractivity contribution in [3.8, 4) is 0 Å². The van der Waals surface area contributed by atoms with Crippen molar-refractivity contribution in [3.63, 3.8) is 0 Å². The number of rotatable bonds is 12. The number of hydrogen-bond acceptors (Lipinski definition) is 7. The predicted octanol–water partition coefficient (Wildman–Crippen LogP) is 2.57. The normalized spacial score (nSPS) is 26.4. The number of likely N-dealkylation sites (tertiary alicyclic amines) is 1. The van der Waals surface area contributed by atoms with Gasteiger partial charge in [-0.05, 0) is 36.5 Å². The van der Waals surface area contributed by atoms with Gasteiger partial charge >= 0.3 is 12.0 Å². The third-order valence-corrected chi connectivity index (χ3v) is 11.1. The molecule has 1 heterocycles. The van der Waals surface area contributed by atoms with Gasteiger partial charge in [-0.15, -0.1) is 23.2 Å². The molecule has 1 aliphatic heterocycles. The Morgan fingerprint density at radius 1 is 0.956 bits per heavy atom. The Labute approximate surface area is 274 Å². The van der Waals surface area contributed by atoms with Crippen LogP contribution in [0.2, 0.25) is 0 Å². The molecule has 45 heavy (non-hydrogen) atoms. The SMILES string of the molecule is CC(=O)OCC(NC(=O)N[C@H](C(=O)N1C[C@H]2[C@@H]([C@H]1C(=O)NC(CC1CCC1)C(=O)C(N)=O)C2(Cl)Cl)C1CCCCC1)C(C)(C)C. The number of nitrogens with two attached hydrogens (primary N) is 1. The lowest BCUT2D eigenvalue weighted by atomic mass is 9.80. The van der Waals surface area contributed by atoms with Crippen molar-refractivity contribution in [2.45, 2.75) is 114 Å². The Morgan fingerprint density at radius 2 is 1.60 bits per heavy atom. The Balaban J connectivity index is 1.55. The number of ketones is 1. The van der Waals surface area contributed by atoms with E-state index in [-0.39, 0.29) is 37.3 Å². The molecule has 0 bridgehead atoms. The number of nitrogens with zero attached hydrogens (tertiary/aromatic N) is 1. The largest absolute Gasteiger partial charge is 0.464 e. The number of hydrogen-bond donors (Lipinski definition) is 4. The zero-order chi connectivity index (χ0) is 33.3. The van der Waals surface area contributed by atoms with Gasteiger partial charge in [-0.2, -0.15) is 0 Å². The molecular formula is C31H47Cl2N5O7. The maximum Gasteiger partial charge on any atom is 0.315 e. The minimum atomic E-state index is -1.22. The van der Waals surface area contributed by atoms with Crippen LogP contribution in [-0.4, -0.2) is 82.1 Å². The lowest BCUT2D eigenvalue weighted by Crippen LogP contribution is -2.61. The van der Waals surface area contributed by atoms with Crippen LogP contribution in [0.15, 0.2) is 0 Å². The molecule has 12 nitrogen and oxygen atoms in total. The van der Waals surface area contributed by atoms with Gasteiger partial charge in [-0.25, -0.2) is 4.79 Å². The first-order chi connectivity index (χ1) is 21.0. The van der Waals surface area contributed by atoms with E-state index in [1.54, 1.807) is 0 Å². The van der Waals surface area contributed by atoms with E-state index < -0.39 is 75.3 Å². The zero-order valence-electron chi connectivity index (χ0n) is 26.5. The summed E-state index contributed by atoms with van der Waals surface area (Å²) in [5.74, 6) is -4.48. The number of piperidine rings is 1. The van der Waals surface area contributed by atoms with Crippen LogP contribution in [0.3, 0.4) is 0 Å². The number of halogens is 2. The molecule has 0 spiro atoms. The molecule has 0 radical (unpaired) electrons. The molecule has 0 aromatic carbocycles. The van der Waals surface area contributed by atoms with E-state index in [2.05, 4.69) is 16.0 Å². The fourth-order valence-corrected chi connectivity index (χ4v) is 7.76. The first kappa shape index (κ1) is 35.3. The van der Waals surface area contributed by atoms with Gasteiger partial charge in [0.25, 0.3) is 5.91 Å². The van der Waals surface area contributed by atoms with Crippen LogP contribution in [0.25, 0.3) is 0 Å². The van der Waals surface area contributed by atoms with Crippen LogP contribution < -0.4 is 21.7 Å². The number of fused-ring (bicyclic) bond motifs is 1. The fraction of sp³-hybridized carbons (Fsp3) is 0.806. The van der Waals surface area contributed by atoms with Crippen molar-refractivity contribution in [2.24, 2.45) is 34.8 Å². The Morgan fingerprint density at radius 3 is 2.13 bits per heavy atom. The van der Waals surface area contributed by atoms with Crippen LogP contribution >= 0.6 is 23.2 Å². The Kier molecular flexibility index (Phi) is 11.0. The second kappa shape index (κ2) is 14.0. The maximum atomic E-state index is 14.3. The van der Waals surface area contributed by atoms with Crippen LogP contribution in [0.5, 0.6) is 0 Å². The molecule has 5 N–H and O–H groups in total. The van der Waals surface area contributed by atoms with E-state index in [4.69, 9.17) is 33.7 Å². The summed E-state index contributed by atoms with van der Waals surface area (Å²) in [5, 5.41) is 8.46. The third kappa shape index (κ3) is 8.22. The summed E-state index contributed by atoms with van der Waals surface area (Å²) in [5.41, 5.74) is 4.84. The Bertz CT molecular complexity index is 1180. The van der Waals surface area contributed by atoms with Gasteiger partial charge in [0.2, 0.25) is 17.6 Å². The van der Waals surface area contributed by atoms with Gasteiger partial charge in [-0.3, -0.25) is 24.0 Å². The summed E-state index contributed by atoms with van der Waals surface area (Å²) in [6, 6.07) is -4.27. The van der Waals surface area contributed by atoms with Gasteiger partial charge in [-0.1, -0.05) is 59.3 Å². The number of esters is 1. The average Bonchev–Trinajstić information content (AvgIpc) is 3.26. The molecule has 5 amide bonds. The molecule has 0 aromatic heterocycles. The standard InChI is InChI=1S/C31H47Cl2N5O7/c1-16(39)45-15-21(30(2,3)4)36-29(44)37-23(18-11-6-5-7-12-18)28(43)38-14-19-22(31(19,32)33)24(38)27(42)35-20(25(40)26(34)41)13-17-9-8-10-17/h17-24H,5-15H2,1-4H3,(H2,34,41)(H,35,42)(H2,36,37,44)/t19-,20?,21?,22-,23-,24-/m0/s1. The highest BCUT2D eigenvalue weighted by Crippen LogP contribution is 2.65. The lowest BCUT2D eigenvalue weighted by molar-refractivity contribution is -0.144. The number of carbonyl (C=O) groups excluding carboxylic acids is 6. The van der Waals surface area contributed by atoms with Crippen molar-refractivity contribution >= 4 is 58.7 Å². The summed E-state index contributed by atoms with van der Waals surface area (Å²) in [6.07, 6.45) is 7.32. The van der Waals surface area contributed by atoms with Crippen LogP contribution in [0.1, 0.15) is 85.5 Å². The molecule has 3 aliphatic carbocycles. The van der Waals surface area contributed by atoms with Crippen LogP contribution in [-0.2, 0) is 28.7 Å². The molecule has 3 saturated carbocycles. The van der Waals surface area contributed by atoms with E-state index in [1.165, 1.54) is 11.8 Å². The lowest BCUT2D eigenvalue weighted by Gasteiger charge is -2.37. The second-order valence-corrected chi connectivity index (χ2v) is 15.7. The number of amides is 5. The first-order valence-corrected chi connectivity index (χ1v) is 16.8. The molecule has 2 unspecified atom stereocenters. The molecular weight excluding hydrogens is 625 g/mol. The summed E-state index contributed by atoms with van der Waals surface area (Å²) in [7, 11) is 0. The molecule has 4 aliphatic rings. The average molecular weight is 673 g/mol. The highest BCUT2D eigenvalue weighted by molar-refractivity contribution is 6.51. The smallest absolute Gasteiger partial charge is 0.315 e. The van der Waals surface area contributed by atoms with Crippen LogP contribution in [0, 0.1) is 29.1 Å². The van der Waals surface area contributed by atoms with Crippen molar-refractivity contribution in [3.05, 3.63) is 0 Å². The van der Waals surface area contributed by atoms with E-state index in [0.717, 1.165) is 51.4 Å². The van der Waals surface area contributed by atoms with E-state index in [0.29, 0.717) is 0 Å². The monoisotopic (exact) mass is 671 g/mol. The van der Waals surface area contributed by atoms with E-state index in [9.17, 15) is 28.8 Å². The number of ether oxygens (including phenoxy) is 1. The Hall–Kier alpha value is -2.60. The van der Waals surface area contributed by atoms with E-state index in [1.807, 2.05) is 20.8 Å². The molecule has 4 rings (SSSR count). The van der Waals surface area contributed by atoms with E-state index >= 15 is 0 Å². The molecule has 6 atom stereocenters. The van der Waals surface area contributed by atoms with Crippen molar-refractivity contribution in [1.29, 1.82) is 0 Å². The van der Waals surface area contributed by atoms with Crippen molar-refractivity contribution in [1.82, 2.24) is 20.9 Å². The molecule has 0 aromatic rings. The minimum Gasteiger partial charge on any atom is -0.464 e. The van der Waals surface area contributed by atoms with Crippen molar-refractivity contribution in [2.75, 3.05) is 13.2 Å². The molecule has 1 saturated heterocycles. The molecule has 14 heteroatoms. The van der Waals surface area contributed by atoms with Gasteiger partial charge in [0.15, 0.2) is 0 Å². The van der Waals surface area contributed by atoms with Gasteiger partial charge < -0.3 is 31.3 Å². The van der Waals surface area contributed by atoms with Crippen LogP contribution in [0.4, 0.5) is 4.79 Å². The fourth-order valence-electron chi connectivity index (χ4n) is 6.93. The first-order valence-electron chi connectivity index (χ1n) is 16.0. The maximum absolute atomic E-state index is 14.3. The predicted molar refractivity (Wildman–Crippen MR) is 167 cm³/mol. The number of nitrogens with one attached hydrogen (secondary N) is 3. The summed E-state index contributed by atoms with van der Waals surface area (Å²) in [6.45, 7) is 7.06.